The summed E-state index contributed by atoms with van der Waals surface area (Å²) < 4.78 is 7.01. The van der Waals surface area contributed by atoms with Gasteiger partial charge in [0.05, 0.1) is 16.8 Å². The van der Waals surface area contributed by atoms with Crippen LogP contribution in [-0.2, 0) is 19.1 Å². The first-order chi connectivity index (χ1) is 12.6. The van der Waals surface area contributed by atoms with E-state index < -0.39 is 11.9 Å². The SMILES string of the molecule is CCNC(=O)CNC(=O)COC(=O)CCCSc1nc2ccccc2s1. The first kappa shape index (κ1) is 20.2. The van der Waals surface area contributed by atoms with Crippen molar-refractivity contribution in [2.24, 2.45) is 0 Å². The molecular weight excluding hydrogens is 374 g/mol. The Morgan fingerprint density at radius 3 is 2.77 bits per heavy atom. The Labute approximate surface area is 159 Å². The lowest BCUT2D eigenvalue weighted by molar-refractivity contribution is -0.148. The lowest BCUT2D eigenvalue weighted by Crippen LogP contribution is -2.38. The largest absolute Gasteiger partial charge is 0.456 e. The fourth-order valence-electron chi connectivity index (χ4n) is 2.00. The van der Waals surface area contributed by atoms with Crippen LogP contribution in [0.5, 0.6) is 0 Å². The van der Waals surface area contributed by atoms with Crippen LogP contribution in [0.3, 0.4) is 0 Å². The number of carbonyl (C=O) groups is 3. The van der Waals surface area contributed by atoms with Crippen LogP contribution >= 0.6 is 23.1 Å². The van der Waals surface area contributed by atoms with Crippen LogP contribution in [0, 0.1) is 0 Å². The molecule has 0 bridgehead atoms. The van der Waals surface area contributed by atoms with E-state index in [0.29, 0.717) is 13.0 Å². The minimum absolute atomic E-state index is 0.122. The lowest BCUT2D eigenvalue weighted by Gasteiger charge is -2.06. The molecule has 1 aromatic carbocycles. The summed E-state index contributed by atoms with van der Waals surface area (Å²) in [6, 6.07) is 7.95. The molecule has 1 heterocycles. The highest BCUT2D eigenvalue weighted by atomic mass is 32.2. The van der Waals surface area contributed by atoms with Gasteiger partial charge in [-0.3, -0.25) is 14.4 Å². The number of para-hydroxylation sites is 1. The van der Waals surface area contributed by atoms with Crippen LogP contribution < -0.4 is 10.6 Å². The Kier molecular flexibility index (Phi) is 8.36. The summed E-state index contributed by atoms with van der Waals surface area (Å²) >= 11 is 3.24. The van der Waals surface area contributed by atoms with Gasteiger partial charge in [-0.05, 0) is 25.5 Å². The molecule has 0 unspecified atom stereocenters. The van der Waals surface area contributed by atoms with Crippen molar-refractivity contribution < 1.29 is 19.1 Å². The van der Waals surface area contributed by atoms with E-state index in [9.17, 15) is 14.4 Å². The number of rotatable bonds is 10. The molecule has 0 aliphatic carbocycles. The van der Waals surface area contributed by atoms with Crippen LogP contribution in [0.15, 0.2) is 28.6 Å². The smallest absolute Gasteiger partial charge is 0.306 e. The molecule has 26 heavy (non-hydrogen) atoms. The molecule has 0 fully saturated rings. The van der Waals surface area contributed by atoms with Crippen molar-refractivity contribution in [1.82, 2.24) is 15.6 Å². The Morgan fingerprint density at radius 2 is 2.00 bits per heavy atom. The summed E-state index contributed by atoms with van der Waals surface area (Å²) in [7, 11) is 0. The molecule has 0 saturated heterocycles. The van der Waals surface area contributed by atoms with E-state index in [2.05, 4.69) is 15.6 Å². The number of esters is 1. The van der Waals surface area contributed by atoms with E-state index in [0.717, 1.165) is 20.3 Å². The van der Waals surface area contributed by atoms with Gasteiger partial charge in [0.25, 0.3) is 5.91 Å². The summed E-state index contributed by atoms with van der Waals surface area (Å²) in [6.45, 7) is 1.79. The number of carbonyl (C=O) groups excluding carboxylic acids is 3. The van der Waals surface area contributed by atoms with Crippen molar-refractivity contribution >= 4 is 51.1 Å². The second-order valence-corrected chi connectivity index (χ2v) is 7.66. The van der Waals surface area contributed by atoms with Gasteiger partial charge in [0.2, 0.25) is 5.91 Å². The van der Waals surface area contributed by atoms with E-state index in [1.165, 1.54) is 0 Å². The maximum atomic E-state index is 11.6. The molecule has 7 nitrogen and oxygen atoms in total. The number of nitrogens with one attached hydrogen (secondary N) is 2. The summed E-state index contributed by atoms with van der Waals surface area (Å²) in [5.74, 6) is -0.450. The Bertz CT molecular complexity index is 730. The van der Waals surface area contributed by atoms with E-state index in [1.807, 2.05) is 24.3 Å². The zero-order valence-electron chi connectivity index (χ0n) is 14.4. The summed E-state index contributed by atoms with van der Waals surface area (Å²) in [5.41, 5.74) is 0.984. The topological polar surface area (TPSA) is 97.4 Å². The number of aromatic nitrogens is 1. The van der Waals surface area contributed by atoms with Gasteiger partial charge in [0, 0.05) is 18.7 Å². The number of thioether (sulfide) groups is 1. The van der Waals surface area contributed by atoms with Crippen LogP contribution in [0.25, 0.3) is 10.2 Å². The summed E-state index contributed by atoms with van der Waals surface area (Å²) in [5, 5.41) is 4.94. The molecule has 0 atom stereocenters. The monoisotopic (exact) mass is 395 g/mol. The molecule has 2 N–H and O–H groups in total. The molecule has 2 aromatic rings. The number of benzene rings is 1. The van der Waals surface area contributed by atoms with Gasteiger partial charge in [-0.1, -0.05) is 23.9 Å². The fourth-order valence-corrected chi connectivity index (χ4v) is 4.07. The van der Waals surface area contributed by atoms with Crippen molar-refractivity contribution in [3.63, 3.8) is 0 Å². The third-order valence-corrected chi connectivity index (χ3v) is 5.47. The molecule has 140 valence electrons. The lowest BCUT2D eigenvalue weighted by atomic mass is 10.3. The number of fused-ring (bicyclic) bond motifs is 1. The molecule has 2 amide bonds. The first-order valence-electron chi connectivity index (χ1n) is 8.26. The van der Waals surface area contributed by atoms with Crippen molar-refractivity contribution in [1.29, 1.82) is 0 Å². The number of ether oxygens (including phenoxy) is 1. The van der Waals surface area contributed by atoms with Crippen molar-refractivity contribution in [2.45, 2.75) is 24.1 Å². The third-order valence-electron chi connectivity index (χ3n) is 3.21. The molecule has 0 radical (unpaired) electrons. The number of hydrogen-bond acceptors (Lipinski definition) is 7. The van der Waals surface area contributed by atoms with Crippen molar-refractivity contribution in [2.75, 3.05) is 25.4 Å². The summed E-state index contributed by atoms with van der Waals surface area (Å²) in [4.78, 5) is 38.8. The molecule has 0 saturated carbocycles. The average Bonchev–Trinajstić information content (AvgIpc) is 3.05. The number of hydrogen-bond donors (Lipinski definition) is 2. The minimum atomic E-state index is -0.492. The average molecular weight is 396 g/mol. The van der Waals surface area contributed by atoms with E-state index in [4.69, 9.17) is 4.74 Å². The van der Waals surface area contributed by atoms with E-state index in [-0.39, 0.29) is 25.5 Å². The highest BCUT2D eigenvalue weighted by molar-refractivity contribution is 8.01. The predicted molar refractivity (Wildman–Crippen MR) is 102 cm³/mol. The highest BCUT2D eigenvalue weighted by Crippen LogP contribution is 2.29. The third kappa shape index (κ3) is 7.01. The van der Waals surface area contributed by atoms with Gasteiger partial charge >= 0.3 is 5.97 Å². The van der Waals surface area contributed by atoms with Gasteiger partial charge in [0.15, 0.2) is 10.9 Å². The molecule has 0 aliphatic heterocycles. The normalized spacial score (nSPS) is 10.5. The fraction of sp³-hybridized carbons (Fsp3) is 0.412. The number of amides is 2. The molecular formula is C17H21N3O4S2. The Morgan fingerprint density at radius 1 is 1.19 bits per heavy atom. The van der Waals surface area contributed by atoms with Gasteiger partial charge < -0.3 is 15.4 Å². The van der Waals surface area contributed by atoms with Gasteiger partial charge in [-0.2, -0.15) is 0 Å². The number of thiazole rings is 1. The predicted octanol–water partition coefficient (Wildman–Crippen LogP) is 1.96. The van der Waals surface area contributed by atoms with Crippen LogP contribution in [0.4, 0.5) is 0 Å². The molecule has 0 aliphatic rings. The van der Waals surface area contributed by atoms with E-state index in [1.54, 1.807) is 30.0 Å². The van der Waals surface area contributed by atoms with Crippen LogP contribution in [0.1, 0.15) is 19.8 Å². The molecule has 0 spiro atoms. The van der Waals surface area contributed by atoms with Crippen molar-refractivity contribution in [3.8, 4) is 0 Å². The van der Waals surface area contributed by atoms with Crippen LogP contribution in [-0.4, -0.2) is 48.2 Å². The Hall–Kier alpha value is -2.13. The van der Waals surface area contributed by atoms with Gasteiger partial charge in [-0.15, -0.1) is 11.3 Å². The van der Waals surface area contributed by atoms with Gasteiger partial charge in [-0.25, -0.2) is 4.98 Å². The quantitative estimate of drug-likeness (QED) is 0.363. The second-order valence-electron chi connectivity index (χ2n) is 5.29. The minimum Gasteiger partial charge on any atom is -0.456 e. The first-order valence-corrected chi connectivity index (χ1v) is 10.1. The van der Waals surface area contributed by atoms with Crippen LogP contribution in [0.2, 0.25) is 0 Å². The highest BCUT2D eigenvalue weighted by Gasteiger charge is 2.09. The number of likely N-dealkylation sites (N-methyl/N-ethyl adjacent to an activating group) is 1. The zero-order chi connectivity index (χ0) is 18.8. The van der Waals surface area contributed by atoms with E-state index >= 15 is 0 Å². The van der Waals surface area contributed by atoms with Gasteiger partial charge in [0.1, 0.15) is 0 Å². The zero-order valence-corrected chi connectivity index (χ0v) is 16.1. The second kappa shape index (κ2) is 10.8. The molecule has 2 rings (SSSR count). The maximum Gasteiger partial charge on any atom is 0.306 e. The van der Waals surface area contributed by atoms with Crippen molar-refractivity contribution in [3.05, 3.63) is 24.3 Å². The standard InChI is InChI=1S/C17H21N3O4S2/c1-2-18-14(21)10-19-15(22)11-24-16(23)8-5-9-25-17-20-12-6-3-4-7-13(12)26-17/h3-4,6-7H,2,5,8-11H2,1H3,(H,18,21)(H,19,22). The molecule has 1 aromatic heterocycles. The Balaban J connectivity index is 1.57. The number of nitrogens with zero attached hydrogens (tertiary/aromatic N) is 1. The summed E-state index contributed by atoms with van der Waals surface area (Å²) in [6.07, 6.45) is 0.876. The maximum absolute atomic E-state index is 11.6. The molecule has 9 heteroatoms.